The Morgan fingerprint density at radius 2 is 2.14 bits per heavy atom. The van der Waals surface area contributed by atoms with Gasteiger partial charge in [0.15, 0.2) is 5.16 Å². The molecule has 0 aliphatic heterocycles. The number of carboxylic acid groups (broad SMARTS) is 1. The Hall–Kier alpha value is -1.02. The van der Waals surface area contributed by atoms with Crippen LogP contribution in [0.25, 0.3) is 5.69 Å². The van der Waals surface area contributed by atoms with Crippen LogP contribution in [-0.4, -0.2) is 26.4 Å². The molecule has 21 heavy (non-hydrogen) atoms. The van der Waals surface area contributed by atoms with Crippen molar-refractivity contribution in [3.63, 3.8) is 0 Å². The minimum Gasteiger partial charge on any atom is -0.481 e. The average Bonchev–Trinajstić information content (AvgIpc) is 2.80. The van der Waals surface area contributed by atoms with Gasteiger partial charge < -0.3 is 5.11 Å². The molecule has 1 aromatic heterocycles. The Balaban J connectivity index is 2.53. The SMILES string of the molecule is CC(C)(C)c1cnc(SCC(=O)O)n1-c1cccc(I)c1. The van der Waals surface area contributed by atoms with E-state index in [4.69, 9.17) is 5.11 Å². The molecule has 0 bridgehead atoms. The fourth-order valence-electron chi connectivity index (χ4n) is 1.96. The number of aliphatic carboxylic acids is 1. The fourth-order valence-corrected chi connectivity index (χ4v) is 3.20. The van der Waals surface area contributed by atoms with Gasteiger partial charge in [-0.3, -0.25) is 9.36 Å². The first-order valence-corrected chi connectivity index (χ1v) is 8.54. The summed E-state index contributed by atoms with van der Waals surface area (Å²) in [6, 6.07) is 8.11. The lowest BCUT2D eigenvalue weighted by molar-refractivity contribution is -0.133. The number of carboxylic acids is 1. The lowest BCUT2D eigenvalue weighted by atomic mass is 9.92. The number of nitrogens with zero attached hydrogens (tertiary/aromatic N) is 2. The first kappa shape index (κ1) is 16.4. The molecule has 1 N–H and O–H groups in total. The monoisotopic (exact) mass is 416 g/mol. The molecule has 2 aromatic rings. The van der Waals surface area contributed by atoms with Gasteiger partial charge in [-0.2, -0.15) is 0 Å². The van der Waals surface area contributed by atoms with Gasteiger partial charge in [-0.1, -0.05) is 38.6 Å². The molecule has 0 fully saturated rings. The number of thioether (sulfide) groups is 1. The second kappa shape index (κ2) is 6.39. The molecule has 2 rings (SSSR count). The van der Waals surface area contributed by atoms with E-state index in [2.05, 4.69) is 59.0 Å². The van der Waals surface area contributed by atoms with Crippen molar-refractivity contribution in [3.05, 3.63) is 39.7 Å². The molecule has 0 radical (unpaired) electrons. The minimum atomic E-state index is -0.838. The highest BCUT2D eigenvalue weighted by molar-refractivity contribution is 14.1. The van der Waals surface area contributed by atoms with Gasteiger partial charge in [0.2, 0.25) is 0 Å². The van der Waals surface area contributed by atoms with Crippen LogP contribution in [-0.2, 0) is 10.2 Å². The summed E-state index contributed by atoms with van der Waals surface area (Å²) in [7, 11) is 0. The maximum atomic E-state index is 10.8. The maximum Gasteiger partial charge on any atom is 0.313 e. The predicted molar refractivity (Wildman–Crippen MR) is 93.3 cm³/mol. The summed E-state index contributed by atoms with van der Waals surface area (Å²) in [6.07, 6.45) is 1.84. The van der Waals surface area contributed by atoms with Gasteiger partial charge in [0, 0.05) is 20.4 Å². The van der Waals surface area contributed by atoms with Crippen molar-refractivity contribution in [1.82, 2.24) is 9.55 Å². The molecule has 112 valence electrons. The quantitative estimate of drug-likeness (QED) is 0.606. The highest BCUT2D eigenvalue weighted by atomic mass is 127. The molecule has 0 aliphatic rings. The van der Waals surface area contributed by atoms with E-state index in [1.165, 1.54) is 11.8 Å². The van der Waals surface area contributed by atoms with E-state index < -0.39 is 5.97 Å². The van der Waals surface area contributed by atoms with Crippen LogP contribution in [0.3, 0.4) is 0 Å². The molecule has 4 nitrogen and oxygen atoms in total. The molecule has 0 atom stereocenters. The second-order valence-corrected chi connectivity index (χ2v) is 7.86. The Kier molecular flexibility index (Phi) is 4.98. The maximum absolute atomic E-state index is 10.8. The van der Waals surface area contributed by atoms with Gasteiger partial charge in [-0.05, 0) is 40.8 Å². The van der Waals surface area contributed by atoms with E-state index >= 15 is 0 Å². The summed E-state index contributed by atoms with van der Waals surface area (Å²) in [5, 5.41) is 9.60. The summed E-state index contributed by atoms with van der Waals surface area (Å²) < 4.78 is 3.18. The number of carbonyl (C=O) groups is 1. The van der Waals surface area contributed by atoms with Crippen LogP contribution < -0.4 is 0 Å². The normalized spacial score (nSPS) is 11.6. The molecule has 0 unspecified atom stereocenters. The van der Waals surface area contributed by atoms with Crippen molar-refractivity contribution < 1.29 is 9.90 Å². The predicted octanol–water partition coefficient (Wildman–Crippen LogP) is 3.95. The van der Waals surface area contributed by atoms with Crippen LogP contribution in [0, 0.1) is 3.57 Å². The lowest BCUT2D eigenvalue weighted by Crippen LogP contribution is -2.17. The van der Waals surface area contributed by atoms with Crippen molar-refractivity contribution in [2.24, 2.45) is 0 Å². The highest BCUT2D eigenvalue weighted by Gasteiger charge is 2.23. The number of hydrogen-bond acceptors (Lipinski definition) is 3. The third kappa shape index (κ3) is 4.00. The van der Waals surface area contributed by atoms with Crippen molar-refractivity contribution in [3.8, 4) is 5.69 Å². The molecular formula is C15H17IN2O2S. The Morgan fingerprint density at radius 3 is 2.71 bits per heavy atom. The number of rotatable bonds is 4. The van der Waals surface area contributed by atoms with Crippen LogP contribution in [0.15, 0.2) is 35.6 Å². The third-order valence-corrected chi connectivity index (χ3v) is 4.50. The van der Waals surface area contributed by atoms with E-state index in [0.717, 1.165) is 15.0 Å². The van der Waals surface area contributed by atoms with Crippen LogP contribution in [0.1, 0.15) is 26.5 Å². The van der Waals surface area contributed by atoms with Crippen molar-refractivity contribution in [1.29, 1.82) is 0 Å². The molecule has 0 aliphatic carbocycles. The summed E-state index contributed by atoms with van der Waals surface area (Å²) in [5.74, 6) is -0.834. The molecule has 0 saturated heterocycles. The third-order valence-electron chi connectivity index (χ3n) is 2.89. The molecule has 0 spiro atoms. The largest absolute Gasteiger partial charge is 0.481 e. The number of imidazole rings is 1. The number of hydrogen-bond donors (Lipinski definition) is 1. The summed E-state index contributed by atoms with van der Waals surface area (Å²) in [4.78, 5) is 15.2. The first-order chi connectivity index (χ1) is 9.79. The summed E-state index contributed by atoms with van der Waals surface area (Å²) in [6.45, 7) is 6.38. The van der Waals surface area contributed by atoms with E-state index in [0.29, 0.717) is 5.16 Å². The van der Waals surface area contributed by atoms with E-state index in [1.807, 2.05) is 24.4 Å². The highest BCUT2D eigenvalue weighted by Crippen LogP contribution is 2.31. The minimum absolute atomic E-state index is 0.00449. The zero-order valence-corrected chi connectivity index (χ0v) is 15.1. The Labute approximate surface area is 142 Å². The fraction of sp³-hybridized carbons (Fsp3) is 0.333. The van der Waals surface area contributed by atoms with Gasteiger partial charge in [0.1, 0.15) is 0 Å². The Bertz CT molecular complexity index is 662. The number of benzene rings is 1. The van der Waals surface area contributed by atoms with E-state index in [1.54, 1.807) is 0 Å². The van der Waals surface area contributed by atoms with Crippen LogP contribution >= 0.6 is 34.4 Å². The molecule has 1 heterocycles. The molecule has 0 saturated carbocycles. The van der Waals surface area contributed by atoms with Gasteiger partial charge in [-0.15, -0.1) is 0 Å². The van der Waals surface area contributed by atoms with Gasteiger partial charge in [-0.25, -0.2) is 4.98 Å². The van der Waals surface area contributed by atoms with Crippen LogP contribution in [0.4, 0.5) is 0 Å². The van der Waals surface area contributed by atoms with Gasteiger partial charge >= 0.3 is 5.97 Å². The van der Waals surface area contributed by atoms with E-state index in [-0.39, 0.29) is 11.2 Å². The molecular weight excluding hydrogens is 399 g/mol. The Morgan fingerprint density at radius 1 is 1.43 bits per heavy atom. The second-order valence-electron chi connectivity index (χ2n) is 5.67. The number of aromatic nitrogens is 2. The summed E-state index contributed by atoms with van der Waals surface area (Å²) >= 11 is 3.51. The lowest BCUT2D eigenvalue weighted by Gasteiger charge is -2.22. The average molecular weight is 416 g/mol. The van der Waals surface area contributed by atoms with Crippen LogP contribution in [0.2, 0.25) is 0 Å². The molecule has 6 heteroatoms. The zero-order chi connectivity index (χ0) is 15.6. The number of halogens is 1. The molecule has 1 aromatic carbocycles. The zero-order valence-electron chi connectivity index (χ0n) is 12.1. The van der Waals surface area contributed by atoms with Crippen LogP contribution in [0.5, 0.6) is 0 Å². The topological polar surface area (TPSA) is 55.1 Å². The van der Waals surface area contributed by atoms with Crippen molar-refractivity contribution >= 4 is 40.3 Å². The van der Waals surface area contributed by atoms with Gasteiger partial charge in [0.05, 0.1) is 11.9 Å². The van der Waals surface area contributed by atoms with Gasteiger partial charge in [0.25, 0.3) is 0 Å². The molecule has 0 amide bonds. The summed E-state index contributed by atoms with van der Waals surface area (Å²) in [5.41, 5.74) is 2.01. The first-order valence-electron chi connectivity index (χ1n) is 6.48. The smallest absolute Gasteiger partial charge is 0.313 e. The van der Waals surface area contributed by atoms with Crippen molar-refractivity contribution in [2.45, 2.75) is 31.3 Å². The van der Waals surface area contributed by atoms with E-state index in [9.17, 15) is 4.79 Å². The van der Waals surface area contributed by atoms with Crippen molar-refractivity contribution in [2.75, 3.05) is 5.75 Å². The standard InChI is InChI=1S/C15H17IN2O2S/c1-15(2,3)12-8-17-14(21-9-13(19)20)18(12)11-6-4-5-10(16)7-11/h4-8H,9H2,1-3H3,(H,19,20).